The minimum absolute atomic E-state index is 0.0671. The summed E-state index contributed by atoms with van der Waals surface area (Å²) in [6.45, 7) is 0. The van der Waals surface area contributed by atoms with Gasteiger partial charge < -0.3 is 14.9 Å². The van der Waals surface area contributed by atoms with E-state index in [-0.39, 0.29) is 24.1 Å². The second-order valence-corrected chi connectivity index (χ2v) is 9.02. The minimum atomic E-state index is -0.988. The first-order chi connectivity index (χ1) is 14.9. The number of rotatable bonds is 5. The van der Waals surface area contributed by atoms with E-state index in [0.29, 0.717) is 24.8 Å². The van der Waals surface area contributed by atoms with E-state index in [4.69, 9.17) is 4.74 Å². The number of ketones is 1. The molecule has 3 atom stereocenters. The highest BCUT2D eigenvalue weighted by Crippen LogP contribution is 2.33. The van der Waals surface area contributed by atoms with Crippen molar-refractivity contribution < 1.29 is 24.5 Å². The predicted molar refractivity (Wildman–Crippen MR) is 118 cm³/mol. The van der Waals surface area contributed by atoms with Gasteiger partial charge in [-0.1, -0.05) is 43.2 Å². The van der Waals surface area contributed by atoms with Crippen molar-refractivity contribution in [3.8, 4) is 11.8 Å². The summed E-state index contributed by atoms with van der Waals surface area (Å²) in [6, 6.07) is 7.29. The fourth-order valence-electron chi connectivity index (χ4n) is 4.77. The Hall–Kier alpha value is -2.16. The third-order valence-electron chi connectivity index (χ3n) is 6.68. The Kier molecular flexibility index (Phi) is 8.28. The van der Waals surface area contributed by atoms with Gasteiger partial charge in [-0.05, 0) is 62.6 Å². The summed E-state index contributed by atoms with van der Waals surface area (Å²) in [5.41, 5.74) is 0.616. The average Bonchev–Trinajstić information content (AvgIpc) is 3.02. The zero-order chi connectivity index (χ0) is 22.3. The Morgan fingerprint density at radius 3 is 2.42 bits per heavy atom. The van der Waals surface area contributed by atoms with Crippen LogP contribution in [0.1, 0.15) is 80.1 Å². The Labute approximate surface area is 185 Å². The van der Waals surface area contributed by atoms with Crippen LogP contribution in [-0.2, 0) is 16.0 Å². The molecule has 2 aliphatic carbocycles. The van der Waals surface area contributed by atoms with E-state index in [9.17, 15) is 19.8 Å². The Bertz CT molecular complexity index is 808. The molecule has 0 unspecified atom stereocenters. The number of carbonyl (C=O) groups is 2. The van der Waals surface area contributed by atoms with Crippen LogP contribution in [0.5, 0.6) is 0 Å². The van der Waals surface area contributed by atoms with Crippen LogP contribution in [0, 0.1) is 23.7 Å². The van der Waals surface area contributed by atoms with E-state index in [2.05, 4.69) is 11.8 Å². The first kappa shape index (κ1) is 23.5. The third-order valence-corrected chi connectivity index (χ3v) is 6.68. The van der Waals surface area contributed by atoms with Gasteiger partial charge in [-0.25, -0.2) is 4.79 Å². The van der Waals surface area contributed by atoms with E-state index >= 15 is 0 Å². The smallest absolute Gasteiger partial charge is 0.337 e. The van der Waals surface area contributed by atoms with Gasteiger partial charge in [0.15, 0.2) is 0 Å². The number of hydrogen-bond donors (Lipinski definition) is 2. The van der Waals surface area contributed by atoms with Crippen molar-refractivity contribution in [2.24, 2.45) is 11.8 Å². The van der Waals surface area contributed by atoms with Crippen molar-refractivity contribution in [2.75, 3.05) is 7.11 Å². The van der Waals surface area contributed by atoms with Crippen molar-refractivity contribution in [3.05, 3.63) is 35.4 Å². The van der Waals surface area contributed by atoms with Crippen LogP contribution in [0.25, 0.3) is 0 Å². The number of esters is 1. The van der Waals surface area contributed by atoms with Gasteiger partial charge in [0, 0.05) is 12.3 Å². The van der Waals surface area contributed by atoms with E-state index in [1.165, 1.54) is 13.5 Å². The molecule has 0 spiro atoms. The zero-order valence-electron chi connectivity index (χ0n) is 18.4. The van der Waals surface area contributed by atoms with Crippen molar-refractivity contribution in [3.63, 3.8) is 0 Å². The number of methoxy groups -OCH3 is 1. The van der Waals surface area contributed by atoms with Crippen LogP contribution < -0.4 is 0 Å². The van der Waals surface area contributed by atoms with Crippen molar-refractivity contribution in [1.82, 2.24) is 0 Å². The van der Waals surface area contributed by atoms with Crippen molar-refractivity contribution >= 4 is 11.8 Å². The summed E-state index contributed by atoms with van der Waals surface area (Å²) in [4.78, 5) is 24.0. The molecule has 0 aromatic heterocycles. The fraction of sp³-hybridized carbons (Fsp3) is 0.615. The van der Waals surface area contributed by atoms with E-state index in [1.54, 1.807) is 12.1 Å². The first-order valence-electron chi connectivity index (χ1n) is 11.5. The van der Waals surface area contributed by atoms with E-state index < -0.39 is 17.6 Å². The first-order valence-corrected chi connectivity index (χ1v) is 11.5. The lowest BCUT2D eigenvalue weighted by Gasteiger charge is -2.25. The lowest BCUT2D eigenvalue weighted by Crippen LogP contribution is -2.28. The zero-order valence-corrected chi connectivity index (χ0v) is 18.4. The highest BCUT2D eigenvalue weighted by atomic mass is 16.5. The Balaban J connectivity index is 1.59. The summed E-state index contributed by atoms with van der Waals surface area (Å²) in [5.74, 6) is 5.22. The van der Waals surface area contributed by atoms with Crippen LogP contribution in [0.15, 0.2) is 24.3 Å². The number of Topliss-reactive ketones (excluding diaryl/α,β-unsaturated/α-hetero) is 1. The van der Waals surface area contributed by atoms with Crippen LogP contribution in [0.4, 0.5) is 0 Å². The average molecular weight is 427 g/mol. The summed E-state index contributed by atoms with van der Waals surface area (Å²) in [6.07, 6.45) is 8.37. The second-order valence-electron chi connectivity index (χ2n) is 9.02. The Morgan fingerprint density at radius 2 is 1.77 bits per heavy atom. The standard InChI is InChI=1S/C26H34O5/c1-31-25(29)20-12-10-19(11-13-20)8-7-9-21-22(24(28)18-23(21)27)14-17-26(30)15-5-3-2-4-6-16-26/h10-13,21-22,24,28,30H,2-9,15-16,18H2,1H3/t21-,22-,24-/m1/s1. The van der Waals surface area contributed by atoms with Gasteiger partial charge in [0.1, 0.15) is 11.4 Å². The normalized spacial score (nSPS) is 25.8. The summed E-state index contributed by atoms with van der Waals surface area (Å²) in [7, 11) is 1.36. The van der Waals surface area contributed by atoms with Crippen LogP contribution in [0.3, 0.4) is 0 Å². The van der Waals surface area contributed by atoms with Crippen molar-refractivity contribution in [2.45, 2.75) is 82.3 Å². The summed E-state index contributed by atoms with van der Waals surface area (Å²) in [5, 5.41) is 21.3. The highest BCUT2D eigenvalue weighted by Gasteiger charge is 2.40. The topological polar surface area (TPSA) is 83.8 Å². The molecule has 0 radical (unpaired) electrons. The van der Waals surface area contributed by atoms with Gasteiger partial charge in [0.25, 0.3) is 0 Å². The van der Waals surface area contributed by atoms with Gasteiger partial charge in [0.2, 0.25) is 0 Å². The lowest BCUT2D eigenvalue weighted by molar-refractivity contribution is -0.121. The molecule has 31 heavy (non-hydrogen) atoms. The van der Waals surface area contributed by atoms with Crippen molar-refractivity contribution in [1.29, 1.82) is 0 Å². The monoisotopic (exact) mass is 426 g/mol. The second kappa shape index (κ2) is 10.9. The quantitative estimate of drug-likeness (QED) is 0.552. The Morgan fingerprint density at radius 1 is 1.13 bits per heavy atom. The molecule has 2 saturated carbocycles. The molecule has 1 aromatic rings. The molecule has 2 aliphatic rings. The molecule has 0 saturated heterocycles. The molecule has 3 rings (SSSR count). The molecule has 1 aromatic carbocycles. The number of aryl methyl sites for hydroxylation is 1. The summed E-state index contributed by atoms with van der Waals surface area (Å²) >= 11 is 0. The maximum absolute atomic E-state index is 12.5. The molecule has 5 nitrogen and oxygen atoms in total. The van der Waals surface area contributed by atoms with E-state index in [0.717, 1.165) is 44.1 Å². The third kappa shape index (κ3) is 6.41. The van der Waals surface area contributed by atoms with Crippen LogP contribution in [0.2, 0.25) is 0 Å². The van der Waals surface area contributed by atoms with Gasteiger partial charge in [-0.15, -0.1) is 0 Å². The maximum Gasteiger partial charge on any atom is 0.337 e. The molecule has 0 heterocycles. The lowest BCUT2D eigenvalue weighted by atomic mass is 9.85. The molecule has 0 aliphatic heterocycles. The maximum atomic E-state index is 12.5. The molecular formula is C26H34O5. The number of aliphatic hydroxyl groups excluding tert-OH is 1. The molecule has 0 amide bonds. The SMILES string of the molecule is COC(=O)c1ccc(CCC[C@H]2C(=O)C[C@@H](O)[C@@H]2C#CC2(O)CCCCCCC2)cc1. The van der Waals surface area contributed by atoms with Crippen LogP contribution >= 0.6 is 0 Å². The van der Waals surface area contributed by atoms with Gasteiger partial charge in [-0.2, -0.15) is 0 Å². The number of ether oxygens (including phenoxy) is 1. The van der Waals surface area contributed by atoms with Crippen LogP contribution in [-0.4, -0.2) is 40.8 Å². The number of hydrogen-bond acceptors (Lipinski definition) is 5. The molecular weight excluding hydrogens is 392 g/mol. The predicted octanol–water partition coefficient (Wildman–Crippen LogP) is 3.84. The number of carbonyl (C=O) groups excluding carboxylic acids is 2. The van der Waals surface area contributed by atoms with Gasteiger partial charge in [-0.3, -0.25) is 4.79 Å². The molecule has 0 bridgehead atoms. The van der Waals surface area contributed by atoms with Gasteiger partial charge in [0.05, 0.1) is 24.7 Å². The molecule has 2 fully saturated rings. The largest absolute Gasteiger partial charge is 0.465 e. The fourth-order valence-corrected chi connectivity index (χ4v) is 4.77. The molecule has 168 valence electrons. The van der Waals surface area contributed by atoms with E-state index in [1.807, 2.05) is 12.1 Å². The molecule has 2 N–H and O–H groups in total. The number of benzene rings is 1. The highest BCUT2D eigenvalue weighted by molar-refractivity contribution is 5.89. The minimum Gasteiger partial charge on any atom is -0.465 e. The van der Waals surface area contributed by atoms with Gasteiger partial charge >= 0.3 is 5.97 Å². The number of aliphatic hydroxyl groups is 2. The summed E-state index contributed by atoms with van der Waals surface area (Å²) < 4.78 is 4.71. The molecule has 5 heteroatoms.